The Bertz CT molecular complexity index is 392. The average Bonchev–Trinajstić information content (AvgIpc) is 2.50. The summed E-state index contributed by atoms with van der Waals surface area (Å²) in [7, 11) is 0. The Hall–Kier alpha value is -1.71. The highest BCUT2D eigenvalue weighted by atomic mass is 19.1. The summed E-state index contributed by atoms with van der Waals surface area (Å²) in [5.74, 6) is -1.50. The number of allylic oxidation sites excluding steroid dienone is 3. The molecule has 1 aliphatic heterocycles. The largest absolute Gasteiger partial charge is 0.478 e. The van der Waals surface area contributed by atoms with Crippen molar-refractivity contribution >= 4 is 11.7 Å². The molecule has 3 nitrogen and oxygen atoms in total. The molecule has 0 bridgehead atoms. The lowest BCUT2D eigenvalue weighted by atomic mass is 9.94. The molecule has 1 aliphatic carbocycles. The maximum Gasteiger partial charge on any atom is 0.349 e. The minimum absolute atomic E-state index is 0.521. The molecule has 13 heavy (non-hydrogen) atoms. The summed E-state index contributed by atoms with van der Waals surface area (Å²) < 4.78 is 13.5. The van der Waals surface area contributed by atoms with Gasteiger partial charge in [-0.1, -0.05) is 0 Å². The molecular weight excluding hydrogens is 173 g/mol. The molecule has 0 saturated carbocycles. The number of hydrogen-bond donors (Lipinski definition) is 1. The van der Waals surface area contributed by atoms with E-state index in [1.807, 2.05) is 0 Å². The predicted octanol–water partition coefficient (Wildman–Crippen LogP) is 1.24. The molecule has 0 amide bonds. The van der Waals surface area contributed by atoms with Crippen LogP contribution in [0.5, 0.6) is 0 Å². The lowest BCUT2D eigenvalue weighted by Gasteiger charge is -2.16. The van der Waals surface area contributed by atoms with Gasteiger partial charge >= 0.3 is 5.97 Å². The van der Waals surface area contributed by atoms with Crippen LogP contribution in [0.25, 0.3) is 0 Å². The molecule has 66 valence electrons. The molecular formula is C9H6FNO2. The van der Waals surface area contributed by atoms with E-state index in [1.165, 1.54) is 12.3 Å². The highest BCUT2D eigenvalue weighted by molar-refractivity contribution is 6.14. The normalized spacial score (nSPS) is 29.6. The molecule has 1 heterocycles. The number of fused-ring (bicyclic) bond motifs is 1. The van der Waals surface area contributed by atoms with Gasteiger partial charge in [0.25, 0.3) is 0 Å². The molecule has 1 N–H and O–H groups in total. The quantitative estimate of drug-likeness (QED) is 0.658. The van der Waals surface area contributed by atoms with Gasteiger partial charge < -0.3 is 5.11 Å². The summed E-state index contributed by atoms with van der Waals surface area (Å²) in [6.45, 7) is 0. The number of aliphatic carboxylic acids is 1. The van der Waals surface area contributed by atoms with E-state index in [-0.39, 0.29) is 0 Å². The lowest BCUT2D eigenvalue weighted by Crippen LogP contribution is -2.31. The van der Waals surface area contributed by atoms with Gasteiger partial charge in [-0.2, -0.15) is 0 Å². The molecule has 1 atom stereocenters. The van der Waals surface area contributed by atoms with Crippen molar-refractivity contribution in [2.45, 2.75) is 5.67 Å². The van der Waals surface area contributed by atoms with Crippen molar-refractivity contribution in [2.24, 2.45) is 4.99 Å². The number of aliphatic imine (C=N–C) groups is 1. The van der Waals surface area contributed by atoms with Gasteiger partial charge in [-0.25, -0.2) is 9.18 Å². The second-order valence-electron chi connectivity index (χ2n) is 2.84. The van der Waals surface area contributed by atoms with Crippen LogP contribution in [0.15, 0.2) is 41.1 Å². The molecule has 1 unspecified atom stereocenters. The molecule has 2 rings (SSSR count). The van der Waals surface area contributed by atoms with E-state index in [9.17, 15) is 9.18 Å². The number of hydrogen-bond acceptors (Lipinski definition) is 2. The topological polar surface area (TPSA) is 49.7 Å². The maximum absolute atomic E-state index is 13.5. The Morgan fingerprint density at radius 1 is 1.54 bits per heavy atom. The Labute approximate surface area is 73.6 Å². The standard InChI is InChI=1S/C9H6FNO2/c10-9(8(12)13)3-1-7-6(5-9)2-4-11-7/h1-5H,(H,12,13). The number of carboxylic acid groups (broad SMARTS) is 1. The fourth-order valence-corrected chi connectivity index (χ4v) is 1.23. The molecule has 0 fully saturated rings. The lowest BCUT2D eigenvalue weighted by molar-refractivity contribution is -0.144. The van der Waals surface area contributed by atoms with E-state index in [4.69, 9.17) is 5.11 Å². The summed E-state index contributed by atoms with van der Waals surface area (Å²) in [5, 5.41) is 8.58. The zero-order valence-electron chi connectivity index (χ0n) is 6.57. The summed E-state index contributed by atoms with van der Waals surface area (Å²) in [6, 6.07) is 0. The maximum atomic E-state index is 13.5. The SMILES string of the molecule is O=C(O)C1(F)C=CC2=NC=CC2=C1. The molecule has 0 aromatic heterocycles. The minimum Gasteiger partial charge on any atom is -0.478 e. The van der Waals surface area contributed by atoms with E-state index >= 15 is 0 Å². The fourth-order valence-electron chi connectivity index (χ4n) is 1.23. The van der Waals surface area contributed by atoms with Gasteiger partial charge in [-0.05, 0) is 24.3 Å². The zero-order chi connectivity index (χ0) is 9.47. The molecule has 0 radical (unpaired) electrons. The third-order valence-corrected chi connectivity index (χ3v) is 1.94. The van der Waals surface area contributed by atoms with Crippen molar-refractivity contribution in [3.05, 3.63) is 36.1 Å². The fraction of sp³-hybridized carbons (Fsp3) is 0.111. The van der Waals surface area contributed by atoms with Crippen LogP contribution in [0, 0.1) is 0 Å². The first-order chi connectivity index (χ1) is 6.12. The smallest absolute Gasteiger partial charge is 0.349 e. The number of halogens is 1. The van der Waals surface area contributed by atoms with Crippen LogP contribution in [-0.2, 0) is 4.79 Å². The van der Waals surface area contributed by atoms with Crippen LogP contribution < -0.4 is 0 Å². The molecule has 2 aliphatic rings. The number of carbonyl (C=O) groups is 1. The summed E-state index contributed by atoms with van der Waals surface area (Å²) in [4.78, 5) is 14.4. The Morgan fingerprint density at radius 2 is 2.31 bits per heavy atom. The number of carboxylic acids is 1. The van der Waals surface area contributed by atoms with Crippen molar-refractivity contribution in [2.75, 3.05) is 0 Å². The van der Waals surface area contributed by atoms with Crippen LogP contribution in [0.4, 0.5) is 4.39 Å². The second-order valence-corrected chi connectivity index (χ2v) is 2.84. The van der Waals surface area contributed by atoms with Crippen LogP contribution in [0.1, 0.15) is 0 Å². The van der Waals surface area contributed by atoms with Crippen molar-refractivity contribution in [3.63, 3.8) is 0 Å². The zero-order valence-corrected chi connectivity index (χ0v) is 6.57. The van der Waals surface area contributed by atoms with E-state index in [2.05, 4.69) is 4.99 Å². The first-order valence-corrected chi connectivity index (χ1v) is 3.71. The van der Waals surface area contributed by atoms with Gasteiger partial charge in [0, 0.05) is 11.8 Å². The first kappa shape index (κ1) is 7.91. The van der Waals surface area contributed by atoms with E-state index in [0.29, 0.717) is 11.3 Å². The molecule has 0 spiro atoms. The van der Waals surface area contributed by atoms with Gasteiger partial charge in [0.2, 0.25) is 5.67 Å². The summed E-state index contributed by atoms with van der Waals surface area (Å²) in [6.07, 6.45) is 6.51. The second kappa shape index (κ2) is 2.39. The highest BCUT2D eigenvalue weighted by Crippen LogP contribution is 2.26. The molecule has 0 aromatic rings. The predicted molar refractivity (Wildman–Crippen MR) is 45.3 cm³/mol. The summed E-state index contributed by atoms with van der Waals surface area (Å²) >= 11 is 0. The molecule has 4 heteroatoms. The van der Waals surface area contributed by atoms with Crippen LogP contribution >= 0.6 is 0 Å². The van der Waals surface area contributed by atoms with E-state index in [1.54, 1.807) is 6.08 Å². The van der Waals surface area contributed by atoms with Gasteiger partial charge in [-0.3, -0.25) is 4.99 Å². The molecule has 0 saturated heterocycles. The van der Waals surface area contributed by atoms with Crippen molar-refractivity contribution in [1.29, 1.82) is 0 Å². The number of rotatable bonds is 1. The van der Waals surface area contributed by atoms with Gasteiger partial charge in [0.1, 0.15) is 0 Å². The van der Waals surface area contributed by atoms with Gasteiger partial charge in [0.15, 0.2) is 0 Å². The monoisotopic (exact) mass is 179 g/mol. The van der Waals surface area contributed by atoms with Gasteiger partial charge in [0.05, 0.1) is 5.71 Å². The van der Waals surface area contributed by atoms with Gasteiger partial charge in [-0.15, -0.1) is 0 Å². The third-order valence-electron chi connectivity index (χ3n) is 1.94. The highest BCUT2D eigenvalue weighted by Gasteiger charge is 2.36. The van der Waals surface area contributed by atoms with Crippen molar-refractivity contribution < 1.29 is 14.3 Å². The van der Waals surface area contributed by atoms with Crippen LogP contribution in [0.2, 0.25) is 0 Å². The third kappa shape index (κ3) is 1.11. The van der Waals surface area contributed by atoms with E-state index in [0.717, 1.165) is 12.2 Å². The van der Waals surface area contributed by atoms with Crippen LogP contribution in [-0.4, -0.2) is 22.5 Å². The average molecular weight is 179 g/mol. The number of alkyl halides is 1. The molecule has 0 aromatic carbocycles. The minimum atomic E-state index is -2.39. The first-order valence-electron chi connectivity index (χ1n) is 3.71. The van der Waals surface area contributed by atoms with Crippen molar-refractivity contribution in [3.8, 4) is 0 Å². The number of nitrogens with zero attached hydrogens (tertiary/aromatic N) is 1. The Morgan fingerprint density at radius 3 is 3.00 bits per heavy atom. The van der Waals surface area contributed by atoms with E-state index < -0.39 is 11.6 Å². The Kier molecular flexibility index (Phi) is 1.45. The summed E-state index contributed by atoms with van der Waals surface area (Å²) in [5.41, 5.74) is -1.26. The van der Waals surface area contributed by atoms with Crippen LogP contribution in [0.3, 0.4) is 0 Å². The van der Waals surface area contributed by atoms with Crippen molar-refractivity contribution in [1.82, 2.24) is 0 Å². The Balaban J connectivity index is 2.45.